The van der Waals surface area contributed by atoms with Gasteiger partial charge in [-0.05, 0) is 26.7 Å². The van der Waals surface area contributed by atoms with Crippen molar-refractivity contribution in [1.29, 1.82) is 0 Å². The van der Waals surface area contributed by atoms with Crippen LogP contribution in [0.5, 0.6) is 0 Å². The molecule has 25 heavy (non-hydrogen) atoms. The van der Waals surface area contributed by atoms with Crippen LogP contribution in [0.25, 0.3) is 0 Å². The molecule has 0 saturated heterocycles. The van der Waals surface area contributed by atoms with Gasteiger partial charge in [0.05, 0.1) is 13.2 Å². The monoisotopic (exact) mass is 371 g/mol. The number of hydrogen-bond acceptors (Lipinski definition) is 8. The van der Waals surface area contributed by atoms with Crippen LogP contribution >= 0.6 is 11.8 Å². The molecular weight excluding hydrogens is 346 g/mol. The normalized spacial score (nSPS) is 13.1. The number of rotatable bonds is 9. The number of ether oxygens (including phenoxy) is 2. The van der Waals surface area contributed by atoms with Gasteiger partial charge >= 0.3 is 11.9 Å². The van der Waals surface area contributed by atoms with E-state index in [-0.39, 0.29) is 24.2 Å². The van der Waals surface area contributed by atoms with Gasteiger partial charge in [-0.25, -0.2) is 4.79 Å². The second-order valence-corrected chi connectivity index (χ2v) is 6.28. The minimum Gasteiger partial charge on any atom is -0.465 e. The molecule has 0 aliphatic heterocycles. The van der Waals surface area contributed by atoms with E-state index >= 15 is 0 Å². The average Bonchev–Trinajstić information content (AvgIpc) is 2.55. The summed E-state index contributed by atoms with van der Waals surface area (Å²) in [6.45, 7) is 7.54. The zero-order valence-electron chi connectivity index (χ0n) is 15.0. The Morgan fingerprint density at radius 1 is 1.16 bits per heavy atom. The summed E-state index contributed by atoms with van der Waals surface area (Å²) in [6.07, 6.45) is 0.877. The highest BCUT2D eigenvalue weighted by Crippen LogP contribution is 2.29. The van der Waals surface area contributed by atoms with E-state index < -0.39 is 28.8 Å². The van der Waals surface area contributed by atoms with E-state index in [1.54, 1.807) is 20.8 Å². The van der Waals surface area contributed by atoms with Crippen molar-refractivity contribution in [3.05, 3.63) is 16.4 Å². The first-order valence-corrected chi connectivity index (χ1v) is 9.16. The Hall–Kier alpha value is -2.03. The molecule has 2 atom stereocenters. The number of anilines is 1. The van der Waals surface area contributed by atoms with Gasteiger partial charge in [0.15, 0.2) is 5.16 Å². The van der Waals surface area contributed by atoms with Gasteiger partial charge in [-0.2, -0.15) is 4.98 Å². The van der Waals surface area contributed by atoms with E-state index in [9.17, 15) is 14.4 Å². The second-order valence-electron chi connectivity index (χ2n) is 5.11. The van der Waals surface area contributed by atoms with Crippen molar-refractivity contribution in [3.8, 4) is 0 Å². The zero-order chi connectivity index (χ0) is 19.0. The van der Waals surface area contributed by atoms with Gasteiger partial charge in [-0.1, -0.05) is 25.6 Å². The summed E-state index contributed by atoms with van der Waals surface area (Å²) in [5.74, 6) is -0.767. The number of esters is 2. The number of carbonyl (C=O) groups excluding carboxylic acids is 2. The van der Waals surface area contributed by atoms with Crippen molar-refractivity contribution >= 4 is 29.5 Å². The SMILES string of the molecule is CCOC(=O)C(CC)Sc1nc(=O)cc(N)n1C(CC)C(=O)OCC. The highest BCUT2D eigenvalue weighted by molar-refractivity contribution is 8.00. The summed E-state index contributed by atoms with van der Waals surface area (Å²) >= 11 is 1.06. The van der Waals surface area contributed by atoms with Crippen molar-refractivity contribution in [2.24, 2.45) is 0 Å². The summed E-state index contributed by atoms with van der Waals surface area (Å²) in [7, 11) is 0. The number of thioether (sulfide) groups is 1. The van der Waals surface area contributed by atoms with Gasteiger partial charge in [-0.3, -0.25) is 14.2 Å². The molecular formula is C16H25N3O5S. The van der Waals surface area contributed by atoms with E-state index in [4.69, 9.17) is 15.2 Å². The maximum absolute atomic E-state index is 12.3. The van der Waals surface area contributed by atoms with Crippen molar-refractivity contribution in [3.63, 3.8) is 0 Å². The maximum Gasteiger partial charge on any atom is 0.329 e. The van der Waals surface area contributed by atoms with E-state index in [2.05, 4.69) is 4.98 Å². The van der Waals surface area contributed by atoms with Crippen LogP contribution in [0.2, 0.25) is 0 Å². The molecule has 1 rings (SSSR count). The second kappa shape index (κ2) is 10.1. The lowest BCUT2D eigenvalue weighted by molar-refractivity contribution is -0.147. The minimum atomic E-state index is -0.727. The lowest BCUT2D eigenvalue weighted by atomic mass is 10.2. The van der Waals surface area contributed by atoms with Crippen molar-refractivity contribution in [2.75, 3.05) is 18.9 Å². The van der Waals surface area contributed by atoms with Gasteiger partial charge < -0.3 is 15.2 Å². The number of aromatic nitrogens is 2. The predicted octanol–water partition coefficient (Wildman–Crippen LogP) is 1.77. The predicted molar refractivity (Wildman–Crippen MR) is 95.4 cm³/mol. The fourth-order valence-electron chi connectivity index (χ4n) is 2.24. The molecule has 9 heteroatoms. The van der Waals surface area contributed by atoms with E-state index in [1.807, 2.05) is 6.92 Å². The molecule has 2 N–H and O–H groups in total. The minimum absolute atomic E-state index is 0.0983. The maximum atomic E-state index is 12.3. The van der Waals surface area contributed by atoms with E-state index in [1.165, 1.54) is 4.57 Å². The molecule has 0 amide bonds. The summed E-state index contributed by atoms with van der Waals surface area (Å²) in [6, 6.07) is 0.423. The molecule has 1 heterocycles. The Morgan fingerprint density at radius 2 is 1.76 bits per heavy atom. The fraction of sp³-hybridized carbons (Fsp3) is 0.625. The Morgan fingerprint density at radius 3 is 2.28 bits per heavy atom. The van der Waals surface area contributed by atoms with Crippen molar-refractivity contribution < 1.29 is 19.1 Å². The van der Waals surface area contributed by atoms with Crippen molar-refractivity contribution in [2.45, 2.75) is 57.0 Å². The molecule has 0 aliphatic carbocycles. The highest BCUT2D eigenvalue weighted by Gasteiger charge is 2.28. The van der Waals surface area contributed by atoms with Crippen LogP contribution in [0.4, 0.5) is 5.82 Å². The lowest BCUT2D eigenvalue weighted by Crippen LogP contribution is -2.29. The zero-order valence-corrected chi connectivity index (χ0v) is 15.8. The van der Waals surface area contributed by atoms with Crippen LogP contribution in [-0.2, 0) is 19.1 Å². The molecule has 8 nitrogen and oxygen atoms in total. The van der Waals surface area contributed by atoms with Crippen LogP contribution in [0.3, 0.4) is 0 Å². The Balaban J connectivity index is 3.32. The third kappa shape index (κ3) is 5.48. The number of nitrogens with zero attached hydrogens (tertiary/aromatic N) is 2. The molecule has 0 saturated carbocycles. The topological polar surface area (TPSA) is 114 Å². The number of hydrogen-bond donors (Lipinski definition) is 1. The molecule has 2 unspecified atom stereocenters. The largest absolute Gasteiger partial charge is 0.465 e. The average molecular weight is 371 g/mol. The van der Waals surface area contributed by atoms with E-state index in [0.717, 1.165) is 17.8 Å². The van der Waals surface area contributed by atoms with E-state index in [0.29, 0.717) is 12.8 Å². The van der Waals surface area contributed by atoms with Crippen LogP contribution in [-0.4, -0.2) is 40.0 Å². The Kier molecular flexibility index (Phi) is 8.47. The summed E-state index contributed by atoms with van der Waals surface area (Å²) in [5, 5.41) is -0.357. The van der Waals surface area contributed by atoms with Crippen molar-refractivity contribution in [1.82, 2.24) is 9.55 Å². The van der Waals surface area contributed by atoms with Crippen LogP contribution in [0, 0.1) is 0 Å². The van der Waals surface area contributed by atoms with Crippen LogP contribution < -0.4 is 11.3 Å². The molecule has 0 aromatic carbocycles. The molecule has 0 spiro atoms. The van der Waals surface area contributed by atoms with Crippen LogP contribution in [0.15, 0.2) is 16.0 Å². The first kappa shape index (κ1) is 21.0. The van der Waals surface area contributed by atoms with Gasteiger partial charge in [-0.15, -0.1) is 0 Å². The molecule has 140 valence electrons. The van der Waals surface area contributed by atoms with Gasteiger partial charge in [0.25, 0.3) is 5.56 Å². The Labute approximate surface area is 151 Å². The fourth-order valence-corrected chi connectivity index (χ4v) is 3.31. The number of nitrogens with two attached hydrogens (primary N) is 1. The standard InChI is InChI=1S/C16H25N3O5S/c1-5-10(14(21)23-7-3)19-12(17)9-13(20)18-16(19)25-11(6-2)15(22)24-8-4/h9-11H,5-8,17H2,1-4H3. The van der Waals surface area contributed by atoms with Gasteiger partial charge in [0.2, 0.25) is 0 Å². The molecule has 1 aromatic rings. The summed E-state index contributed by atoms with van der Waals surface area (Å²) < 4.78 is 11.6. The molecule has 0 radical (unpaired) electrons. The third-order valence-corrected chi connectivity index (χ3v) is 4.70. The molecule has 0 bridgehead atoms. The number of nitrogen functional groups attached to an aromatic ring is 1. The molecule has 1 aromatic heterocycles. The molecule has 0 fully saturated rings. The first-order chi connectivity index (χ1) is 11.9. The molecule has 0 aliphatic rings. The smallest absolute Gasteiger partial charge is 0.329 e. The summed E-state index contributed by atoms with van der Waals surface area (Å²) in [5.41, 5.74) is 5.44. The van der Waals surface area contributed by atoms with Gasteiger partial charge in [0, 0.05) is 6.07 Å². The van der Waals surface area contributed by atoms with Gasteiger partial charge in [0.1, 0.15) is 17.1 Å². The lowest BCUT2D eigenvalue weighted by Gasteiger charge is -2.23. The quantitative estimate of drug-likeness (QED) is 0.397. The third-order valence-electron chi connectivity index (χ3n) is 3.39. The first-order valence-electron chi connectivity index (χ1n) is 8.28. The number of carbonyl (C=O) groups is 2. The highest BCUT2D eigenvalue weighted by atomic mass is 32.2. The van der Waals surface area contributed by atoms with Crippen LogP contribution in [0.1, 0.15) is 46.6 Å². The summed E-state index contributed by atoms with van der Waals surface area (Å²) in [4.78, 5) is 40.0. The Bertz CT molecular complexity index is 662.